The molecule has 6 aliphatic rings. The van der Waals surface area contributed by atoms with E-state index < -0.39 is 42.1 Å². The summed E-state index contributed by atoms with van der Waals surface area (Å²) in [4.78, 5) is 61.6. The predicted octanol–water partition coefficient (Wildman–Crippen LogP) is 4.45. The number of alkyl halides is 2. The Bertz CT molecular complexity index is 2450. The minimum Gasteiger partial charge on any atom is -0.385 e. The van der Waals surface area contributed by atoms with Gasteiger partial charge in [0, 0.05) is 68.4 Å². The Balaban J connectivity index is 0.666. The van der Waals surface area contributed by atoms with E-state index in [-0.39, 0.29) is 60.4 Å². The van der Waals surface area contributed by atoms with Crippen molar-refractivity contribution in [3.8, 4) is 0 Å². The molecule has 5 atom stereocenters. The molecule has 4 N–H and O–H groups in total. The van der Waals surface area contributed by atoms with Gasteiger partial charge in [-0.05, 0) is 88.8 Å². The van der Waals surface area contributed by atoms with Crippen LogP contribution in [0.25, 0.3) is 5.65 Å². The molecule has 1 aromatic carbocycles. The lowest BCUT2D eigenvalue weighted by Gasteiger charge is -2.37. The van der Waals surface area contributed by atoms with Crippen LogP contribution in [0.15, 0.2) is 42.9 Å². The van der Waals surface area contributed by atoms with Gasteiger partial charge in [0.05, 0.1) is 48.9 Å². The lowest BCUT2D eigenvalue weighted by molar-refractivity contribution is -0.139. The highest BCUT2D eigenvalue weighted by atomic mass is 19.3. The standard InChI is InChI=1S/C45H55F2N11O7/c1-25(11-15-48-33-4-2-3-31-38(33)45(63)58(44(31)62)35-9-10-37(59)52-43(35)61)65-29-12-16-54(17-13-29)21-26-5-7-27(8-6-26)57-23-34(39(53-57)40(46)47)50-42(60)32-20-49-56-18-14-36(51-41(32)56)55-22-30-19-28(55)24-64-30/h2-4,14,18,20,23,25-30,35,40,45,48,63H,5-13,15-17,19,21-22,24H2,1H3,(H,50,60)(H,52,59,61)/t25-,26-,27-,28+,30+,35?,45?/m0/s1. The summed E-state index contributed by atoms with van der Waals surface area (Å²) < 4.78 is 43.9. The number of anilines is 3. The van der Waals surface area contributed by atoms with Gasteiger partial charge in [-0.1, -0.05) is 6.07 Å². The van der Waals surface area contributed by atoms with Gasteiger partial charge < -0.3 is 35.0 Å². The summed E-state index contributed by atoms with van der Waals surface area (Å²) in [6.07, 6.45) is 8.06. The molecule has 4 amide bonds. The summed E-state index contributed by atoms with van der Waals surface area (Å²) in [5.41, 5.74) is 1.47. The normalized spacial score (nSPS) is 26.6. The van der Waals surface area contributed by atoms with Crippen LogP contribution in [0.1, 0.15) is 122 Å². The lowest BCUT2D eigenvalue weighted by Crippen LogP contribution is -2.53. The van der Waals surface area contributed by atoms with Gasteiger partial charge in [0.2, 0.25) is 11.8 Å². The number of aliphatic hydroxyl groups is 1. The molecule has 5 aliphatic heterocycles. The molecule has 65 heavy (non-hydrogen) atoms. The Labute approximate surface area is 374 Å². The number of halogens is 2. The summed E-state index contributed by atoms with van der Waals surface area (Å²) in [5.74, 6) is -0.762. The molecule has 18 nitrogen and oxygen atoms in total. The molecular formula is C45H55F2N11O7. The first-order chi connectivity index (χ1) is 31.5. The van der Waals surface area contributed by atoms with Crippen molar-refractivity contribution in [2.75, 3.05) is 54.9 Å². The second-order valence-corrected chi connectivity index (χ2v) is 18.4. The second-order valence-electron chi connectivity index (χ2n) is 18.4. The zero-order chi connectivity index (χ0) is 44.9. The molecular weight excluding hydrogens is 845 g/mol. The van der Waals surface area contributed by atoms with Crippen LogP contribution >= 0.6 is 0 Å². The molecule has 346 valence electrons. The molecule has 0 radical (unpaired) electrons. The quantitative estimate of drug-likeness (QED) is 0.130. The van der Waals surface area contributed by atoms with Crippen molar-refractivity contribution in [1.82, 2.24) is 39.5 Å². The van der Waals surface area contributed by atoms with Crippen LogP contribution in [-0.4, -0.2) is 133 Å². The molecule has 4 saturated heterocycles. The Hall–Kier alpha value is -5.57. The Morgan fingerprint density at radius 1 is 1.05 bits per heavy atom. The first kappa shape index (κ1) is 43.3. The van der Waals surface area contributed by atoms with Crippen molar-refractivity contribution < 1.29 is 42.5 Å². The van der Waals surface area contributed by atoms with Gasteiger partial charge in [-0.2, -0.15) is 10.2 Å². The first-order valence-corrected chi connectivity index (χ1v) is 23.0. The number of aliphatic hydroxyl groups excluding tert-OH is 1. The lowest BCUT2D eigenvalue weighted by atomic mass is 9.85. The van der Waals surface area contributed by atoms with Gasteiger partial charge in [-0.15, -0.1) is 0 Å². The number of fused-ring (bicyclic) bond motifs is 4. The molecule has 3 aromatic heterocycles. The van der Waals surface area contributed by atoms with Crippen molar-refractivity contribution in [3.63, 3.8) is 0 Å². The fourth-order valence-electron chi connectivity index (χ4n) is 10.7. The molecule has 1 aliphatic carbocycles. The largest absolute Gasteiger partial charge is 0.385 e. The van der Waals surface area contributed by atoms with Crippen molar-refractivity contribution in [2.45, 2.75) is 120 Å². The van der Waals surface area contributed by atoms with E-state index in [0.717, 1.165) is 76.9 Å². The number of imide groups is 1. The van der Waals surface area contributed by atoms with E-state index in [0.29, 0.717) is 48.0 Å². The van der Waals surface area contributed by atoms with Crippen LogP contribution in [-0.2, 0) is 19.1 Å². The smallest absolute Gasteiger partial charge is 0.284 e. The van der Waals surface area contributed by atoms with Gasteiger partial charge in [0.25, 0.3) is 18.2 Å². The van der Waals surface area contributed by atoms with Crippen LogP contribution in [0.2, 0.25) is 0 Å². The van der Waals surface area contributed by atoms with Crippen LogP contribution in [0, 0.1) is 5.92 Å². The van der Waals surface area contributed by atoms with Crippen molar-refractivity contribution in [1.29, 1.82) is 0 Å². The monoisotopic (exact) mass is 899 g/mol. The molecule has 10 rings (SSSR count). The zero-order valence-corrected chi connectivity index (χ0v) is 36.3. The van der Waals surface area contributed by atoms with E-state index in [1.165, 1.54) is 21.8 Å². The third kappa shape index (κ3) is 8.68. The average molecular weight is 900 g/mol. The highest BCUT2D eigenvalue weighted by molar-refractivity contribution is 6.08. The molecule has 2 unspecified atom stereocenters. The zero-order valence-electron chi connectivity index (χ0n) is 36.3. The molecule has 5 fully saturated rings. The van der Waals surface area contributed by atoms with E-state index in [2.05, 4.69) is 42.9 Å². The maximum Gasteiger partial charge on any atom is 0.284 e. The first-order valence-electron chi connectivity index (χ1n) is 23.0. The van der Waals surface area contributed by atoms with Gasteiger partial charge in [0.15, 0.2) is 17.6 Å². The van der Waals surface area contributed by atoms with E-state index in [1.807, 2.05) is 12.1 Å². The number of rotatable bonds is 14. The summed E-state index contributed by atoms with van der Waals surface area (Å²) >= 11 is 0. The summed E-state index contributed by atoms with van der Waals surface area (Å²) in [7, 11) is 0. The van der Waals surface area contributed by atoms with Crippen LogP contribution < -0.4 is 20.9 Å². The maximum atomic E-state index is 14.3. The SMILES string of the molecule is C[C@@H](CCNc1cccc2c1C(O)N(C1CCC(=O)NC1=O)C2=O)OC1CCN(C[C@H]2CC[C@H](n3cc(NC(=O)c4cnn5ccc(N6C[C@H]7C[C@@H]6CO7)nc45)c(C(F)F)n3)CC2)CC1. The van der Waals surface area contributed by atoms with E-state index in [1.54, 1.807) is 23.0 Å². The van der Waals surface area contributed by atoms with Gasteiger partial charge in [-0.3, -0.25) is 34.1 Å². The average Bonchev–Trinajstić information content (AvgIpc) is 4.15. The number of morpholine rings is 1. The number of hydrogen-bond donors (Lipinski definition) is 4. The summed E-state index contributed by atoms with van der Waals surface area (Å²) in [6, 6.07) is 6.33. The number of nitrogens with one attached hydrogen (secondary N) is 3. The number of piperidine rings is 2. The summed E-state index contributed by atoms with van der Waals surface area (Å²) in [5, 5.41) is 28.1. The number of nitrogens with zero attached hydrogens (tertiary/aromatic N) is 8. The van der Waals surface area contributed by atoms with Gasteiger partial charge >= 0.3 is 0 Å². The van der Waals surface area contributed by atoms with E-state index in [9.17, 15) is 33.1 Å². The maximum absolute atomic E-state index is 14.3. The minimum atomic E-state index is -2.87. The number of likely N-dealkylation sites (tertiary alicyclic amines) is 1. The van der Waals surface area contributed by atoms with Crippen molar-refractivity contribution >= 4 is 46.5 Å². The fraction of sp³-hybridized carbons (Fsp3) is 0.578. The third-order valence-corrected chi connectivity index (χ3v) is 14.2. The number of aromatic nitrogens is 5. The van der Waals surface area contributed by atoms with Crippen LogP contribution in [0.3, 0.4) is 0 Å². The topological polar surface area (TPSA) is 201 Å². The van der Waals surface area contributed by atoms with E-state index >= 15 is 0 Å². The van der Waals surface area contributed by atoms with E-state index in [4.69, 9.17) is 14.5 Å². The van der Waals surface area contributed by atoms with Crippen LogP contribution in [0.4, 0.5) is 26.0 Å². The molecule has 4 aromatic rings. The number of hydrogen-bond acceptors (Lipinski definition) is 13. The molecule has 8 heterocycles. The van der Waals surface area contributed by atoms with Crippen molar-refractivity contribution in [2.24, 2.45) is 5.92 Å². The molecule has 20 heteroatoms. The Morgan fingerprint density at radius 3 is 2.60 bits per heavy atom. The Morgan fingerprint density at radius 2 is 1.86 bits per heavy atom. The Kier molecular flexibility index (Phi) is 12.0. The highest BCUT2D eigenvalue weighted by Crippen LogP contribution is 2.40. The number of carbonyl (C=O) groups is 4. The predicted molar refractivity (Wildman–Crippen MR) is 231 cm³/mol. The highest BCUT2D eigenvalue weighted by Gasteiger charge is 2.45. The molecule has 2 bridgehead atoms. The van der Waals surface area contributed by atoms with Gasteiger partial charge in [-0.25, -0.2) is 18.3 Å². The number of carbonyl (C=O) groups excluding carboxylic acids is 4. The fourth-order valence-corrected chi connectivity index (χ4v) is 10.7. The molecule has 1 saturated carbocycles. The van der Waals surface area contributed by atoms with Crippen molar-refractivity contribution in [3.05, 3.63) is 65.2 Å². The summed E-state index contributed by atoms with van der Waals surface area (Å²) in [6.45, 7) is 6.81. The third-order valence-electron chi connectivity index (χ3n) is 14.2. The molecule has 0 spiro atoms. The number of benzene rings is 1. The minimum absolute atomic E-state index is 0.00993. The number of amides is 4. The van der Waals surface area contributed by atoms with Gasteiger partial charge in [0.1, 0.15) is 17.4 Å². The number of ether oxygens (including phenoxy) is 2. The van der Waals surface area contributed by atoms with Crippen LogP contribution in [0.5, 0.6) is 0 Å². The second kappa shape index (κ2) is 18.0.